The average molecular weight is 316 g/mol. The number of nitrogens with two attached hydrogens (primary N) is 1. The third-order valence-electron chi connectivity index (χ3n) is 2.07. The molecular weight excluding hydrogens is 307 g/mol. The number of hydrogen-bond donors (Lipinski definition) is 3. The quantitative estimate of drug-likeness (QED) is 0.796. The second kappa shape index (κ2) is 4.77. The minimum absolute atomic E-state index is 0.209. The predicted molar refractivity (Wildman–Crippen MR) is 70.1 cm³/mol. The number of aromatic amines is 1. The number of nitrogen functional groups attached to an aromatic ring is 1. The first-order chi connectivity index (χ1) is 8.08. The first-order valence-electron chi connectivity index (χ1n) is 4.63. The zero-order chi connectivity index (χ0) is 12.4. The maximum atomic E-state index is 11.8. The summed E-state index contributed by atoms with van der Waals surface area (Å²) in [6.45, 7) is 0. The van der Waals surface area contributed by atoms with Crippen molar-refractivity contribution in [3.8, 4) is 0 Å². The van der Waals surface area contributed by atoms with Crippen molar-refractivity contribution in [3.63, 3.8) is 0 Å². The molecule has 0 spiro atoms. The number of nitrogens with one attached hydrogen (secondary N) is 2. The molecule has 0 aliphatic rings. The highest BCUT2D eigenvalue weighted by Gasteiger charge is 2.13. The number of H-pyrrole nitrogens is 1. The summed E-state index contributed by atoms with van der Waals surface area (Å²) < 4.78 is 0.815. The van der Waals surface area contributed by atoms with Gasteiger partial charge in [0, 0.05) is 4.47 Å². The van der Waals surface area contributed by atoms with Crippen molar-refractivity contribution in [3.05, 3.63) is 39.6 Å². The fourth-order valence-electron chi connectivity index (χ4n) is 1.26. The molecule has 1 aromatic heterocycles. The van der Waals surface area contributed by atoms with E-state index in [-0.39, 0.29) is 17.3 Å². The summed E-state index contributed by atoms with van der Waals surface area (Å²) in [6.07, 6.45) is 1.37. The van der Waals surface area contributed by atoms with E-state index >= 15 is 0 Å². The van der Waals surface area contributed by atoms with Gasteiger partial charge in [0.15, 0.2) is 0 Å². The molecule has 0 saturated carbocycles. The van der Waals surface area contributed by atoms with E-state index in [1.165, 1.54) is 6.20 Å². The van der Waals surface area contributed by atoms with Gasteiger partial charge in [-0.3, -0.25) is 9.89 Å². The van der Waals surface area contributed by atoms with Crippen LogP contribution in [-0.2, 0) is 0 Å². The third-order valence-corrected chi connectivity index (χ3v) is 2.90. The van der Waals surface area contributed by atoms with Gasteiger partial charge in [0.25, 0.3) is 5.91 Å². The maximum Gasteiger partial charge on any atom is 0.275 e. The summed E-state index contributed by atoms with van der Waals surface area (Å²) in [4.78, 5) is 11.8. The van der Waals surface area contributed by atoms with Gasteiger partial charge < -0.3 is 11.1 Å². The average Bonchev–Trinajstić information content (AvgIpc) is 2.70. The smallest absolute Gasteiger partial charge is 0.275 e. The molecule has 7 heteroatoms. The van der Waals surface area contributed by atoms with Crippen LogP contribution in [0, 0.1) is 0 Å². The van der Waals surface area contributed by atoms with Gasteiger partial charge in [0.1, 0.15) is 5.69 Å². The van der Waals surface area contributed by atoms with Crippen LogP contribution in [0.5, 0.6) is 0 Å². The standard InChI is InChI=1S/C10H8BrClN4O/c11-5-1-2-6(12)8(3-5)15-10(17)9-7(13)4-14-16-9/h1-4H,13H2,(H,14,16)(H,15,17). The number of amides is 1. The van der Waals surface area contributed by atoms with Crippen LogP contribution in [0.3, 0.4) is 0 Å². The number of benzene rings is 1. The van der Waals surface area contributed by atoms with Crippen molar-refractivity contribution in [1.29, 1.82) is 0 Å². The Hall–Kier alpha value is -1.53. The molecule has 0 saturated heterocycles. The van der Waals surface area contributed by atoms with E-state index in [0.29, 0.717) is 10.7 Å². The molecule has 0 fully saturated rings. The zero-order valence-corrected chi connectivity index (χ0v) is 10.8. The minimum atomic E-state index is -0.389. The van der Waals surface area contributed by atoms with Gasteiger partial charge in [-0.05, 0) is 18.2 Å². The van der Waals surface area contributed by atoms with E-state index in [2.05, 4.69) is 31.4 Å². The summed E-state index contributed by atoms with van der Waals surface area (Å²) in [6, 6.07) is 5.16. The maximum absolute atomic E-state index is 11.8. The highest BCUT2D eigenvalue weighted by Crippen LogP contribution is 2.26. The summed E-state index contributed by atoms with van der Waals surface area (Å²) in [5, 5.41) is 9.28. The molecular formula is C10H8BrClN4O. The second-order valence-corrected chi connectivity index (χ2v) is 4.60. The summed E-state index contributed by atoms with van der Waals surface area (Å²) in [7, 11) is 0. The Labute approximate surface area is 110 Å². The van der Waals surface area contributed by atoms with Gasteiger partial charge in [-0.25, -0.2) is 0 Å². The van der Waals surface area contributed by atoms with Crippen LogP contribution >= 0.6 is 27.5 Å². The lowest BCUT2D eigenvalue weighted by Crippen LogP contribution is -2.14. The lowest BCUT2D eigenvalue weighted by molar-refractivity contribution is 0.102. The van der Waals surface area contributed by atoms with Crippen LogP contribution in [0.15, 0.2) is 28.9 Å². The topological polar surface area (TPSA) is 83.8 Å². The fraction of sp³-hybridized carbons (Fsp3) is 0. The number of carbonyl (C=O) groups excluding carboxylic acids is 1. The summed E-state index contributed by atoms with van der Waals surface area (Å²) in [5.74, 6) is -0.389. The predicted octanol–water partition coefficient (Wildman–Crippen LogP) is 2.66. The SMILES string of the molecule is Nc1cn[nH]c1C(=O)Nc1cc(Br)ccc1Cl. The van der Waals surface area contributed by atoms with Crippen molar-refractivity contribution < 1.29 is 4.79 Å². The van der Waals surface area contributed by atoms with Crippen molar-refractivity contribution in [2.45, 2.75) is 0 Å². The molecule has 1 aromatic carbocycles. The molecule has 0 radical (unpaired) electrons. The van der Waals surface area contributed by atoms with E-state index in [4.69, 9.17) is 17.3 Å². The van der Waals surface area contributed by atoms with Crippen LogP contribution in [0.1, 0.15) is 10.5 Å². The molecule has 0 aliphatic carbocycles. The molecule has 17 heavy (non-hydrogen) atoms. The van der Waals surface area contributed by atoms with Crippen LogP contribution in [-0.4, -0.2) is 16.1 Å². The largest absolute Gasteiger partial charge is 0.396 e. The van der Waals surface area contributed by atoms with Crippen molar-refractivity contribution in [2.75, 3.05) is 11.1 Å². The molecule has 4 N–H and O–H groups in total. The molecule has 0 bridgehead atoms. The van der Waals surface area contributed by atoms with Crippen molar-refractivity contribution in [2.24, 2.45) is 0 Å². The number of hydrogen-bond acceptors (Lipinski definition) is 3. The van der Waals surface area contributed by atoms with Crippen molar-refractivity contribution >= 4 is 44.8 Å². The molecule has 0 aliphatic heterocycles. The molecule has 2 aromatic rings. The lowest BCUT2D eigenvalue weighted by Gasteiger charge is -2.06. The minimum Gasteiger partial charge on any atom is -0.396 e. The molecule has 1 heterocycles. The Morgan fingerprint density at radius 3 is 2.94 bits per heavy atom. The van der Waals surface area contributed by atoms with Gasteiger partial charge in [0.2, 0.25) is 0 Å². The van der Waals surface area contributed by atoms with E-state index in [0.717, 1.165) is 4.47 Å². The molecule has 0 atom stereocenters. The first kappa shape index (κ1) is 11.9. The van der Waals surface area contributed by atoms with Crippen LogP contribution in [0.2, 0.25) is 5.02 Å². The first-order valence-corrected chi connectivity index (χ1v) is 5.80. The zero-order valence-electron chi connectivity index (χ0n) is 8.50. The summed E-state index contributed by atoms with van der Waals surface area (Å²) >= 11 is 9.24. The lowest BCUT2D eigenvalue weighted by atomic mass is 10.3. The van der Waals surface area contributed by atoms with Gasteiger partial charge in [0.05, 0.1) is 22.6 Å². The van der Waals surface area contributed by atoms with E-state index < -0.39 is 0 Å². The molecule has 2 rings (SSSR count). The Morgan fingerprint density at radius 1 is 1.53 bits per heavy atom. The van der Waals surface area contributed by atoms with Gasteiger partial charge >= 0.3 is 0 Å². The number of aromatic nitrogens is 2. The monoisotopic (exact) mass is 314 g/mol. The Morgan fingerprint density at radius 2 is 2.29 bits per heavy atom. The number of carbonyl (C=O) groups is 1. The fourth-order valence-corrected chi connectivity index (χ4v) is 1.78. The summed E-state index contributed by atoms with van der Waals surface area (Å²) in [5.41, 5.74) is 6.56. The highest BCUT2D eigenvalue weighted by atomic mass is 79.9. The molecule has 5 nitrogen and oxygen atoms in total. The van der Waals surface area contributed by atoms with Crippen LogP contribution in [0.4, 0.5) is 11.4 Å². The third kappa shape index (κ3) is 2.59. The normalized spacial score (nSPS) is 10.2. The van der Waals surface area contributed by atoms with E-state index in [1.54, 1.807) is 18.2 Å². The Kier molecular flexibility index (Phi) is 3.35. The molecule has 88 valence electrons. The van der Waals surface area contributed by atoms with E-state index in [9.17, 15) is 4.79 Å². The Bertz CT molecular complexity index is 569. The molecule has 0 unspecified atom stereocenters. The van der Waals surface area contributed by atoms with Crippen LogP contribution in [0.25, 0.3) is 0 Å². The van der Waals surface area contributed by atoms with E-state index in [1.807, 2.05) is 0 Å². The molecule has 1 amide bonds. The number of halogens is 2. The number of nitrogens with zero attached hydrogens (tertiary/aromatic N) is 1. The second-order valence-electron chi connectivity index (χ2n) is 3.28. The van der Waals surface area contributed by atoms with Crippen LogP contribution < -0.4 is 11.1 Å². The van der Waals surface area contributed by atoms with Gasteiger partial charge in [-0.2, -0.15) is 5.10 Å². The van der Waals surface area contributed by atoms with Crippen molar-refractivity contribution in [1.82, 2.24) is 10.2 Å². The highest BCUT2D eigenvalue weighted by molar-refractivity contribution is 9.10. The van der Waals surface area contributed by atoms with Gasteiger partial charge in [-0.1, -0.05) is 27.5 Å². The number of anilines is 2. The van der Waals surface area contributed by atoms with Gasteiger partial charge in [-0.15, -0.1) is 0 Å². The Balaban J connectivity index is 2.24. The number of rotatable bonds is 2.